The number of carbonyl (C=O) groups is 1. The number of ether oxygens (including phenoxy) is 1. The molecule has 0 amide bonds. The van der Waals surface area contributed by atoms with Gasteiger partial charge in [-0.3, -0.25) is 4.79 Å². The van der Waals surface area contributed by atoms with Gasteiger partial charge in [0.2, 0.25) is 5.43 Å². The third kappa shape index (κ3) is 2.12. The minimum Gasteiger partial charge on any atom is -0.489 e. The normalized spacial score (nSPS) is 20.2. The van der Waals surface area contributed by atoms with Crippen molar-refractivity contribution in [1.29, 1.82) is 0 Å². The average molecular weight is 355 g/mol. The van der Waals surface area contributed by atoms with Crippen LogP contribution in [0.25, 0.3) is 10.9 Å². The van der Waals surface area contributed by atoms with Crippen molar-refractivity contribution in [1.82, 2.24) is 4.57 Å². The molecule has 2 heterocycles. The Bertz CT molecular complexity index is 936. The summed E-state index contributed by atoms with van der Waals surface area (Å²) < 4.78 is 22.0. The number of carboxylic acids is 1. The van der Waals surface area contributed by atoms with Gasteiger partial charge < -0.3 is 20.1 Å². The monoisotopic (exact) mass is 354 g/mol. The minimum absolute atomic E-state index is 0. The van der Waals surface area contributed by atoms with Crippen LogP contribution in [0.15, 0.2) is 17.1 Å². The van der Waals surface area contributed by atoms with Crippen LogP contribution in [0.4, 0.5) is 4.39 Å². The first-order chi connectivity index (χ1) is 10.8. The number of carboxylic acid groups (broad SMARTS) is 1. The number of hydrogen-bond acceptors (Lipinski definition) is 4. The van der Waals surface area contributed by atoms with E-state index in [-0.39, 0.29) is 47.3 Å². The Morgan fingerprint density at radius 3 is 2.75 bits per heavy atom. The molecule has 1 aromatic heterocycles. The Balaban J connectivity index is 0.00000169. The van der Waals surface area contributed by atoms with E-state index < -0.39 is 22.8 Å². The van der Waals surface area contributed by atoms with Crippen LogP contribution in [0.3, 0.4) is 0 Å². The van der Waals surface area contributed by atoms with Crippen molar-refractivity contribution in [2.75, 3.05) is 6.61 Å². The van der Waals surface area contributed by atoms with Crippen LogP contribution in [0.5, 0.6) is 5.75 Å². The fourth-order valence-electron chi connectivity index (χ4n) is 3.23. The summed E-state index contributed by atoms with van der Waals surface area (Å²) in [6.07, 6.45) is 2.61. The molecule has 8 heteroatoms. The van der Waals surface area contributed by atoms with Gasteiger partial charge in [0.05, 0.1) is 22.5 Å². The van der Waals surface area contributed by atoms with Gasteiger partial charge in [-0.2, -0.15) is 0 Å². The molecular formula is C16H16ClFN2O4. The van der Waals surface area contributed by atoms with Crippen LogP contribution in [0.2, 0.25) is 0 Å². The maximum atomic E-state index is 14.6. The van der Waals surface area contributed by atoms with Crippen molar-refractivity contribution in [2.24, 2.45) is 5.73 Å². The zero-order chi connectivity index (χ0) is 16.5. The van der Waals surface area contributed by atoms with E-state index in [9.17, 15) is 19.1 Å². The van der Waals surface area contributed by atoms with Crippen LogP contribution in [0.1, 0.15) is 41.7 Å². The summed E-state index contributed by atoms with van der Waals surface area (Å²) >= 11 is 0. The van der Waals surface area contributed by atoms with Gasteiger partial charge in [0.25, 0.3) is 0 Å². The third-order valence-corrected chi connectivity index (χ3v) is 4.68. The highest BCUT2D eigenvalue weighted by Gasteiger charge is 2.46. The zero-order valence-electron chi connectivity index (χ0n) is 12.8. The van der Waals surface area contributed by atoms with E-state index in [1.165, 1.54) is 6.20 Å². The standard InChI is InChI=1S/C16H15FN2O4.ClH/c1-7-6-23-14-11(16(18)2-3-16)10(17)4-8-12(14)19(7)5-9(13(8)20)15(21)22;/h4-5,7H,2-3,6,18H2,1H3,(H,21,22);1H/t7-;/m0./s1. The molecule has 0 spiro atoms. The molecule has 2 aromatic rings. The lowest BCUT2D eigenvalue weighted by molar-refractivity contribution is 0.0694. The number of rotatable bonds is 2. The summed E-state index contributed by atoms with van der Waals surface area (Å²) in [4.78, 5) is 23.7. The fraction of sp³-hybridized carbons (Fsp3) is 0.375. The highest BCUT2D eigenvalue weighted by atomic mass is 35.5. The molecule has 128 valence electrons. The molecule has 1 saturated carbocycles. The molecule has 0 saturated heterocycles. The van der Waals surface area contributed by atoms with Gasteiger partial charge >= 0.3 is 5.97 Å². The first-order valence-corrected chi connectivity index (χ1v) is 7.40. The van der Waals surface area contributed by atoms with Gasteiger partial charge in [-0.1, -0.05) is 0 Å². The van der Waals surface area contributed by atoms with E-state index in [0.29, 0.717) is 18.4 Å². The predicted molar refractivity (Wildman–Crippen MR) is 87.7 cm³/mol. The van der Waals surface area contributed by atoms with Crippen LogP contribution >= 0.6 is 12.4 Å². The third-order valence-electron chi connectivity index (χ3n) is 4.68. The van der Waals surface area contributed by atoms with E-state index in [0.717, 1.165) is 6.07 Å². The lowest BCUT2D eigenvalue weighted by atomic mass is 9.98. The minimum atomic E-state index is -1.33. The molecular weight excluding hydrogens is 339 g/mol. The number of benzene rings is 1. The van der Waals surface area contributed by atoms with Crippen LogP contribution in [0, 0.1) is 5.82 Å². The fourth-order valence-corrected chi connectivity index (χ4v) is 3.23. The van der Waals surface area contributed by atoms with Crippen LogP contribution < -0.4 is 15.9 Å². The Labute approximate surface area is 142 Å². The lowest BCUT2D eigenvalue weighted by Gasteiger charge is -2.29. The number of hydrogen-bond donors (Lipinski definition) is 2. The summed E-state index contributed by atoms with van der Waals surface area (Å²) in [5.74, 6) is -1.68. The van der Waals surface area contributed by atoms with Gasteiger partial charge in [-0.05, 0) is 25.8 Å². The summed E-state index contributed by atoms with van der Waals surface area (Å²) in [5.41, 5.74) is 5.02. The first kappa shape index (κ1) is 16.7. The number of aromatic nitrogens is 1. The van der Waals surface area contributed by atoms with Gasteiger partial charge in [-0.15, -0.1) is 12.4 Å². The average Bonchev–Trinajstić information content (AvgIpc) is 3.22. The van der Waals surface area contributed by atoms with Gasteiger partial charge in [0, 0.05) is 11.7 Å². The van der Waals surface area contributed by atoms with Crippen LogP contribution in [-0.4, -0.2) is 22.2 Å². The molecule has 0 bridgehead atoms. The number of nitrogens with two attached hydrogens (primary N) is 1. The van der Waals surface area contributed by atoms with Crippen molar-refractivity contribution in [3.05, 3.63) is 39.4 Å². The molecule has 1 aliphatic carbocycles. The second kappa shape index (κ2) is 5.19. The Kier molecular flexibility index (Phi) is 3.62. The molecule has 4 rings (SSSR count). The summed E-state index contributed by atoms with van der Waals surface area (Å²) in [6, 6.07) is 0.920. The summed E-state index contributed by atoms with van der Waals surface area (Å²) in [7, 11) is 0. The van der Waals surface area contributed by atoms with Crippen molar-refractivity contribution in [3.63, 3.8) is 0 Å². The van der Waals surface area contributed by atoms with Crippen LogP contribution in [-0.2, 0) is 5.54 Å². The van der Waals surface area contributed by atoms with Gasteiger partial charge in [0.15, 0.2) is 5.75 Å². The van der Waals surface area contributed by atoms with Crippen molar-refractivity contribution < 1.29 is 19.0 Å². The van der Waals surface area contributed by atoms with Gasteiger partial charge in [0.1, 0.15) is 18.0 Å². The predicted octanol–water partition coefficient (Wildman–Crippen LogP) is 2.16. The van der Waals surface area contributed by atoms with E-state index in [2.05, 4.69) is 0 Å². The number of halogens is 2. The molecule has 0 unspecified atom stereocenters. The van der Waals surface area contributed by atoms with Gasteiger partial charge in [-0.25, -0.2) is 9.18 Å². The molecule has 2 aliphatic rings. The molecule has 1 fully saturated rings. The zero-order valence-corrected chi connectivity index (χ0v) is 13.7. The maximum Gasteiger partial charge on any atom is 0.341 e. The van der Waals surface area contributed by atoms with E-state index >= 15 is 0 Å². The topological polar surface area (TPSA) is 94.6 Å². The quantitative estimate of drug-likeness (QED) is 0.861. The number of aromatic carboxylic acids is 1. The Morgan fingerprint density at radius 1 is 1.50 bits per heavy atom. The molecule has 1 aliphatic heterocycles. The van der Waals surface area contributed by atoms with E-state index in [4.69, 9.17) is 10.5 Å². The molecule has 1 aromatic carbocycles. The second-order valence-corrected chi connectivity index (χ2v) is 6.36. The van der Waals surface area contributed by atoms with E-state index in [1.807, 2.05) is 6.92 Å². The van der Waals surface area contributed by atoms with E-state index in [1.54, 1.807) is 4.57 Å². The molecule has 3 N–H and O–H groups in total. The smallest absolute Gasteiger partial charge is 0.341 e. The molecule has 6 nitrogen and oxygen atoms in total. The summed E-state index contributed by atoms with van der Waals surface area (Å²) in [5, 5.41) is 9.23. The largest absolute Gasteiger partial charge is 0.489 e. The lowest BCUT2D eigenvalue weighted by Crippen LogP contribution is -2.30. The maximum absolute atomic E-state index is 14.6. The summed E-state index contributed by atoms with van der Waals surface area (Å²) in [6.45, 7) is 2.10. The highest BCUT2D eigenvalue weighted by Crippen LogP contribution is 2.50. The number of pyridine rings is 1. The highest BCUT2D eigenvalue weighted by molar-refractivity contribution is 5.95. The van der Waals surface area contributed by atoms with Crippen molar-refractivity contribution in [3.8, 4) is 5.75 Å². The molecule has 24 heavy (non-hydrogen) atoms. The van der Waals surface area contributed by atoms with Crippen molar-refractivity contribution in [2.45, 2.75) is 31.3 Å². The van der Waals surface area contributed by atoms with Crippen molar-refractivity contribution >= 4 is 29.3 Å². The second-order valence-electron chi connectivity index (χ2n) is 6.36. The Hall–Kier alpha value is -2.12. The molecule has 0 radical (unpaired) electrons. The SMILES string of the molecule is C[C@H]1COc2c(C3(N)CC3)c(F)cc3c(=O)c(C(=O)O)cn1c23.Cl. The molecule has 1 atom stereocenters. The number of nitrogens with zero attached hydrogens (tertiary/aromatic N) is 1. The Morgan fingerprint density at radius 2 is 2.17 bits per heavy atom. The first-order valence-electron chi connectivity index (χ1n) is 7.40.